The molecule has 0 aromatic heterocycles. The summed E-state index contributed by atoms with van der Waals surface area (Å²) in [6, 6.07) is -1.69. The number of carboxylic acid groups (broad SMARTS) is 1. The number of imide groups is 1. The molecule has 2 amide bonds. The number of unbranched alkanes of at least 4 members (excludes halogenated alkanes) is 2. The zero-order valence-electron chi connectivity index (χ0n) is 16.7. The molecule has 8 heteroatoms. The van der Waals surface area contributed by atoms with Crippen LogP contribution in [-0.2, 0) is 23.9 Å². The van der Waals surface area contributed by atoms with Crippen molar-refractivity contribution in [1.29, 1.82) is 0 Å². The number of carboxylic acids is 1. The minimum atomic E-state index is -1.69. The summed E-state index contributed by atoms with van der Waals surface area (Å²) in [4.78, 5) is 48.4. The van der Waals surface area contributed by atoms with Crippen molar-refractivity contribution in [1.82, 2.24) is 4.90 Å². The molecule has 0 saturated carbocycles. The summed E-state index contributed by atoms with van der Waals surface area (Å²) >= 11 is 0. The minimum absolute atomic E-state index is 0. The number of aliphatic carboxylic acids is 1. The van der Waals surface area contributed by atoms with E-state index in [4.69, 9.17) is 0 Å². The molecule has 0 heterocycles. The van der Waals surface area contributed by atoms with Crippen LogP contribution >= 0.6 is 0 Å². The third-order valence-corrected chi connectivity index (χ3v) is 3.54. The van der Waals surface area contributed by atoms with Gasteiger partial charge in [0.15, 0.2) is 0 Å². The van der Waals surface area contributed by atoms with Gasteiger partial charge in [0, 0.05) is 12.8 Å². The van der Waals surface area contributed by atoms with Gasteiger partial charge in [0.2, 0.25) is 11.8 Å². The molecule has 0 fully saturated rings. The number of amides is 2. The van der Waals surface area contributed by atoms with Gasteiger partial charge in [-0.25, -0.2) is 0 Å². The summed E-state index contributed by atoms with van der Waals surface area (Å²) < 4.78 is 4.46. The number of hydrogen-bond acceptors (Lipinski definition) is 6. The summed E-state index contributed by atoms with van der Waals surface area (Å²) in [6.45, 7) is 3.96. The predicted molar refractivity (Wildman–Crippen MR) is 94.6 cm³/mol. The molecule has 0 radical (unpaired) electrons. The quantitative estimate of drug-likeness (QED) is 0.229. The molecule has 0 spiro atoms. The van der Waals surface area contributed by atoms with Gasteiger partial charge in [-0.15, -0.1) is 0 Å². The molecular weight excluding hydrogens is 361 g/mol. The fraction of sp³-hybridized carbons (Fsp3) is 0.579. The van der Waals surface area contributed by atoms with E-state index >= 15 is 0 Å². The molecule has 146 valence electrons. The molecule has 1 atom stereocenters. The molecule has 27 heavy (non-hydrogen) atoms. The van der Waals surface area contributed by atoms with Crippen LogP contribution in [0.2, 0.25) is 0 Å². The molecule has 0 aliphatic carbocycles. The molecule has 0 saturated heterocycles. The van der Waals surface area contributed by atoms with Gasteiger partial charge in [-0.2, -0.15) is 0 Å². The Balaban J connectivity index is 0. The third-order valence-electron chi connectivity index (χ3n) is 3.54. The van der Waals surface area contributed by atoms with Gasteiger partial charge in [-0.05, 0) is 12.8 Å². The molecule has 0 bridgehead atoms. The first kappa shape index (κ1) is 27.8. The maximum absolute atomic E-state index is 12.4. The fourth-order valence-corrected chi connectivity index (χ4v) is 2.14. The molecular formula is C19H28NNaO6. The normalized spacial score (nSPS) is 11.8. The molecule has 0 rings (SSSR count). The van der Waals surface area contributed by atoms with Crippen molar-refractivity contribution in [3.63, 3.8) is 0 Å². The van der Waals surface area contributed by atoms with E-state index in [1.807, 2.05) is 13.8 Å². The number of allylic oxidation sites excluding steroid dienone is 2. The van der Waals surface area contributed by atoms with Gasteiger partial charge in [-0.3, -0.25) is 19.3 Å². The van der Waals surface area contributed by atoms with Gasteiger partial charge < -0.3 is 14.6 Å². The average molecular weight is 389 g/mol. The number of esters is 1. The number of nitrogens with zero attached hydrogens (tertiary/aromatic N) is 1. The number of ether oxygens (including phenoxy) is 1. The van der Waals surface area contributed by atoms with Gasteiger partial charge >= 0.3 is 35.5 Å². The van der Waals surface area contributed by atoms with Crippen LogP contribution in [0.3, 0.4) is 0 Å². The van der Waals surface area contributed by atoms with Crippen molar-refractivity contribution < 1.29 is 58.6 Å². The smallest absolute Gasteiger partial charge is 0.548 e. The molecule has 0 N–H and O–H groups in total. The first-order valence-electron chi connectivity index (χ1n) is 8.81. The number of rotatable bonds is 12. The average Bonchev–Trinajstić information content (AvgIpc) is 2.61. The van der Waals surface area contributed by atoms with Crippen LogP contribution in [-0.4, -0.2) is 41.8 Å². The van der Waals surface area contributed by atoms with Gasteiger partial charge in [0.25, 0.3) is 0 Å². The minimum Gasteiger partial charge on any atom is -0.548 e. The summed E-state index contributed by atoms with van der Waals surface area (Å²) in [7, 11) is 1.10. The number of methoxy groups -OCH3 is 1. The van der Waals surface area contributed by atoms with E-state index in [0.29, 0.717) is 4.90 Å². The van der Waals surface area contributed by atoms with Crippen molar-refractivity contribution in [2.45, 2.75) is 64.8 Å². The van der Waals surface area contributed by atoms with Gasteiger partial charge in [0.05, 0.1) is 25.5 Å². The zero-order chi connectivity index (χ0) is 19.9. The zero-order valence-corrected chi connectivity index (χ0v) is 18.7. The first-order valence-corrected chi connectivity index (χ1v) is 8.81. The fourth-order valence-electron chi connectivity index (χ4n) is 2.14. The van der Waals surface area contributed by atoms with Crippen LogP contribution in [0, 0.1) is 0 Å². The SMILES string of the molecule is CCC/C=C/CC(=O)N(C(=O)C/C=C/CCC)C(CC(=O)OC)C(=O)[O-].[Na+]. The van der Waals surface area contributed by atoms with E-state index in [1.165, 1.54) is 0 Å². The molecule has 0 aromatic carbocycles. The monoisotopic (exact) mass is 389 g/mol. The Kier molecular flexibility index (Phi) is 17.2. The van der Waals surface area contributed by atoms with Crippen LogP contribution in [0.4, 0.5) is 0 Å². The van der Waals surface area contributed by atoms with Crippen molar-refractivity contribution in [2.75, 3.05) is 7.11 Å². The number of carbonyl (C=O) groups is 4. The molecule has 0 aliphatic rings. The van der Waals surface area contributed by atoms with Crippen LogP contribution < -0.4 is 34.7 Å². The Bertz CT molecular complexity index is 514. The Hall–Kier alpha value is -1.44. The molecule has 0 aliphatic heterocycles. The molecule has 7 nitrogen and oxygen atoms in total. The van der Waals surface area contributed by atoms with E-state index in [1.54, 1.807) is 24.3 Å². The number of hydrogen-bond donors (Lipinski definition) is 0. The summed E-state index contributed by atoms with van der Waals surface area (Å²) in [5.74, 6) is -3.89. The summed E-state index contributed by atoms with van der Waals surface area (Å²) in [5.41, 5.74) is 0. The third kappa shape index (κ3) is 11.8. The second-order valence-corrected chi connectivity index (χ2v) is 5.70. The standard InChI is InChI=1S/C19H29NO6.Na/c1-4-6-8-10-12-16(21)20(17(22)13-11-9-7-5-2)15(19(24)25)14-18(23)26-3;/h8-11,15H,4-7,12-14H2,1-3H3,(H,24,25);/q;+1/p-1/b10-8+,11-9+;. The van der Waals surface area contributed by atoms with Crippen molar-refractivity contribution >= 4 is 23.8 Å². The first-order chi connectivity index (χ1) is 12.4. The van der Waals surface area contributed by atoms with Crippen LogP contribution in [0.25, 0.3) is 0 Å². The largest absolute Gasteiger partial charge is 1.00 e. The van der Waals surface area contributed by atoms with Crippen LogP contribution in [0.15, 0.2) is 24.3 Å². The van der Waals surface area contributed by atoms with Gasteiger partial charge in [0.1, 0.15) is 0 Å². The Morgan fingerprint density at radius 3 is 1.70 bits per heavy atom. The maximum Gasteiger partial charge on any atom is 1.00 e. The second kappa shape index (κ2) is 16.7. The van der Waals surface area contributed by atoms with E-state index in [2.05, 4.69) is 4.74 Å². The molecule has 0 aromatic rings. The van der Waals surface area contributed by atoms with Gasteiger partial charge in [-0.1, -0.05) is 51.0 Å². The van der Waals surface area contributed by atoms with E-state index in [0.717, 1.165) is 32.8 Å². The number of carbonyl (C=O) groups excluding carboxylic acids is 4. The van der Waals surface area contributed by atoms with E-state index in [9.17, 15) is 24.3 Å². The Morgan fingerprint density at radius 1 is 0.926 bits per heavy atom. The van der Waals surface area contributed by atoms with Crippen LogP contribution in [0.5, 0.6) is 0 Å². The van der Waals surface area contributed by atoms with E-state index in [-0.39, 0.29) is 42.4 Å². The Morgan fingerprint density at radius 2 is 1.37 bits per heavy atom. The topological polar surface area (TPSA) is 104 Å². The maximum atomic E-state index is 12.4. The van der Waals surface area contributed by atoms with E-state index < -0.39 is 36.2 Å². The Labute approximate surface area is 183 Å². The van der Waals surface area contributed by atoms with Crippen molar-refractivity contribution in [2.24, 2.45) is 0 Å². The summed E-state index contributed by atoms with van der Waals surface area (Å²) in [6.07, 6.45) is 9.19. The van der Waals surface area contributed by atoms with Crippen molar-refractivity contribution in [3.8, 4) is 0 Å². The van der Waals surface area contributed by atoms with Crippen LogP contribution in [0.1, 0.15) is 58.8 Å². The summed E-state index contributed by atoms with van der Waals surface area (Å²) in [5, 5.41) is 11.5. The predicted octanol–water partition coefficient (Wildman–Crippen LogP) is -1.48. The second-order valence-electron chi connectivity index (χ2n) is 5.70. The molecule has 1 unspecified atom stereocenters. The van der Waals surface area contributed by atoms with Crippen molar-refractivity contribution in [3.05, 3.63) is 24.3 Å².